The van der Waals surface area contributed by atoms with Gasteiger partial charge in [0.15, 0.2) is 5.82 Å². The number of nitrogens with zero attached hydrogens (tertiary/aromatic N) is 4. The van der Waals surface area contributed by atoms with Crippen molar-refractivity contribution >= 4 is 30.8 Å². The molecule has 1 atom stereocenters. The van der Waals surface area contributed by atoms with E-state index in [0.717, 1.165) is 42.1 Å². The van der Waals surface area contributed by atoms with Gasteiger partial charge in [-0.3, -0.25) is 0 Å². The fraction of sp³-hybridized carbons (Fsp3) is 0.435. The van der Waals surface area contributed by atoms with E-state index in [1.807, 2.05) is 19.1 Å². The predicted octanol–water partition coefficient (Wildman–Crippen LogP) is 4.70. The van der Waals surface area contributed by atoms with Gasteiger partial charge >= 0.3 is 0 Å². The zero-order valence-electron chi connectivity index (χ0n) is 18.3. The van der Waals surface area contributed by atoms with Crippen LogP contribution in [-0.4, -0.2) is 38.1 Å². The fourth-order valence-electron chi connectivity index (χ4n) is 4.44. The van der Waals surface area contributed by atoms with Gasteiger partial charge in [0.1, 0.15) is 33.8 Å². The summed E-state index contributed by atoms with van der Waals surface area (Å²) in [6.45, 7) is -0.0466. The van der Waals surface area contributed by atoms with Crippen LogP contribution in [0.4, 0.5) is 8.78 Å². The Labute approximate surface area is 196 Å². The number of fused-ring (bicyclic) bond motifs is 1. The number of aromatic nitrogens is 3. The van der Waals surface area contributed by atoms with Crippen molar-refractivity contribution in [3.05, 3.63) is 41.7 Å². The van der Waals surface area contributed by atoms with Gasteiger partial charge in [-0.05, 0) is 31.4 Å². The molecule has 0 aliphatic heterocycles. The first-order valence-electron chi connectivity index (χ1n) is 10.9. The van der Waals surface area contributed by atoms with Gasteiger partial charge in [-0.2, -0.15) is 5.26 Å². The van der Waals surface area contributed by atoms with Gasteiger partial charge in [-0.15, -0.1) is 0 Å². The van der Waals surface area contributed by atoms with Gasteiger partial charge in [0.05, 0.1) is 22.0 Å². The molecule has 0 spiro atoms. The van der Waals surface area contributed by atoms with Crippen LogP contribution in [0.3, 0.4) is 0 Å². The first kappa shape index (κ1) is 23.7. The van der Waals surface area contributed by atoms with E-state index in [1.165, 1.54) is 18.8 Å². The highest BCUT2D eigenvalue weighted by molar-refractivity contribution is 8.31. The molecule has 0 amide bonds. The third-order valence-electron chi connectivity index (χ3n) is 6.06. The van der Waals surface area contributed by atoms with Gasteiger partial charge < -0.3 is 4.57 Å². The van der Waals surface area contributed by atoms with Gasteiger partial charge in [0.2, 0.25) is 0 Å². The van der Waals surface area contributed by atoms with Crippen LogP contribution in [0.25, 0.3) is 22.4 Å². The maximum Gasteiger partial charge on any atom is 0.177 e. The zero-order chi connectivity index (χ0) is 23.6. The Morgan fingerprint density at radius 1 is 1.24 bits per heavy atom. The van der Waals surface area contributed by atoms with E-state index in [9.17, 15) is 18.3 Å². The van der Waals surface area contributed by atoms with Crippen LogP contribution in [0, 0.1) is 18.3 Å². The average Bonchev–Trinajstić information content (AvgIpc) is 3.16. The molecule has 1 aliphatic rings. The maximum atomic E-state index is 12.9. The average molecular weight is 490 g/mol. The van der Waals surface area contributed by atoms with E-state index in [0.29, 0.717) is 17.1 Å². The summed E-state index contributed by atoms with van der Waals surface area (Å²) in [5.41, 5.74) is 3.20. The Morgan fingerprint density at radius 2 is 1.91 bits per heavy atom. The molecule has 1 saturated carbocycles. The number of nitriles is 1. The first-order chi connectivity index (χ1) is 15.9. The van der Waals surface area contributed by atoms with Crippen molar-refractivity contribution in [3.63, 3.8) is 0 Å². The molecule has 0 radical (unpaired) electrons. The molecular weight excluding hydrogens is 464 g/mol. The van der Waals surface area contributed by atoms with Crippen LogP contribution in [-0.2, 0) is 19.9 Å². The van der Waals surface area contributed by atoms with Gasteiger partial charge in [-0.25, -0.2) is 27.7 Å². The van der Waals surface area contributed by atoms with Crippen LogP contribution >= 0.6 is 0 Å². The van der Waals surface area contributed by atoms with E-state index in [2.05, 4.69) is 31.4 Å². The van der Waals surface area contributed by atoms with Gasteiger partial charge in [0.25, 0.3) is 0 Å². The number of rotatable bonds is 7. The number of halogens is 2. The van der Waals surface area contributed by atoms with Crippen molar-refractivity contribution in [2.24, 2.45) is 0 Å². The molecule has 10 heteroatoms. The van der Waals surface area contributed by atoms with Crippen molar-refractivity contribution in [2.45, 2.75) is 56.0 Å². The van der Waals surface area contributed by atoms with E-state index in [1.54, 1.807) is 0 Å². The van der Waals surface area contributed by atoms with Crippen LogP contribution in [0.1, 0.15) is 49.3 Å². The van der Waals surface area contributed by atoms with Gasteiger partial charge in [-0.1, -0.05) is 31.4 Å². The summed E-state index contributed by atoms with van der Waals surface area (Å²) in [5.74, 6) is 0.326. The van der Waals surface area contributed by atoms with Crippen molar-refractivity contribution < 1.29 is 13.0 Å². The molecule has 2 aromatic heterocycles. The molecule has 1 N–H and O–H groups in total. The normalized spacial score (nSPS) is 16.7. The van der Waals surface area contributed by atoms with E-state index in [-0.39, 0.29) is 10.9 Å². The minimum atomic E-state index is -3.35. The monoisotopic (exact) mass is 489 g/mol. The minimum absolute atomic E-state index is 0.0721. The third kappa shape index (κ3) is 4.63. The van der Waals surface area contributed by atoms with E-state index >= 15 is 0 Å². The second kappa shape index (κ2) is 9.79. The number of hydrogen-bond donors (Lipinski definition) is 1. The second-order valence-corrected chi connectivity index (χ2v) is 11.5. The molecule has 174 valence electrons. The highest BCUT2D eigenvalue weighted by Crippen LogP contribution is 2.39. The SMILES string of the molecule is Cc1ccc2c(C#N)c(-c3ncc(S(=O)(=S)NC(CF)CF)cn3)n(C3CCCCC3)c2c1. The van der Waals surface area contributed by atoms with Crippen molar-refractivity contribution in [2.75, 3.05) is 13.3 Å². The Morgan fingerprint density at radius 3 is 2.52 bits per heavy atom. The highest BCUT2D eigenvalue weighted by atomic mass is 32.8. The quantitative estimate of drug-likeness (QED) is 0.520. The molecule has 2 heterocycles. The summed E-state index contributed by atoms with van der Waals surface area (Å²) in [7, 11) is -3.35. The zero-order valence-corrected chi connectivity index (χ0v) is 19.9. The van der Waals surface area contributed by atoms with Gasteiger partial charge in [0, 0.05) is 35.0 Å². The Hall–Kier alpha value is -2.48. The number of benzene rings is 1. The Bertz CT molecular complexity index is 1290. The molecule has 0 bridgehead atoms. The summed E-state index contributed by atoms with van der Waals surface area (Å²) in [6, 6.07) is 7.31. The molecule has 0 saturated heterocycles. The topological polar surface area (TPSA) is 83.6 Å². The lowest BCUT2D eigenvalue weighted by atomic mass is 9.95. The molecule has 1 aromatic carbocycles. The van der Waals surface area contributed by atoms with Crippen molar-refractivity contribution in [1.82, 2.24) is 19.3 Å². The molecule has 1 aliphatic carbocycles. The number of hydrogen-bond acceptors (Lipinski definition) is 5. The Kier molecular flexibility index (Phi) is 7.02. The van der Waals surface area contributed by atoms with Crippen LogP contribution in [0.15, 0.2) is 35.5 Å². The third-order valence-corrected chi connectivity index (χ3v) is 8.40. The number of aryl methyl sites for hydroxylation is 1. The van der Waals surface area contributed by atoms with Crippen LogP contribution < -0.4 is 4.72 Å². The summed E-state index contributed by atoms with van der Waals surface area (Å²) in [6.07, 6.45) is 8.06. The van der Waals surface area contributed by atoms with Crippen molar-refractivity contribution in [1.29, 1.82) is 5.26 Å². The highest BCUT2D eigenvalue weighted by Gasteiger charge is 2.27. The Balaban J connectivity index is 1.83. The van der Waals surface area contributed by atoms with Crippen LogP contribution in [0.2, 0.25) is 0 Å². The molecule has 6 nitrogen and oxygen atoms in total. The molecule has 33 heavy (non-hydrogen) atoms. The van der Waals surface area contributed by atoms with E-state index in [4.69, 9.17) is 11.2 Å². The lowest BCUT2D eigenvalue weighted by Gasteiger charge is -2.26. The second-order valence-electron chi connectivity index (χ2n) is 8.39. The maximum absolute atomic E-state index is 12.9. The van der Waals surface area contributed by atoms with E-state index < -0.39 is 28.1 Å². The summed E-state index contributed by atoms with van der Waals surface area (Å²) >= 11 is 5.07. The minimum Gasteiger partial charge on any atom is -0.334 e. The molecule has 1 fully saturated rings. The molecule has 4 rings (SSSR count). The molecule has 3 aromatic rings. The first-order valence-corrected chi connectivity index (χ1v) is 13.4. The largest absolute Gasteiger partial charge is 0.334 e. The lowest BCUT2D eigenvalue weighted by molar-refractivity contribution is 0.338. The standard InChI is InChI=1S/C23H25F2N5OS2/c1-15-7-8-19-20(12-26)22(30(21(19)9-15)17-5-3-2-4-6-17)23-27-13-18(14-28-23)33(31,32)29-16(10-24)11-25/h7-9,13-14,16-17,29H,2-6,10-11H2,1H3. The van der Waals surface area contributed by atoms with Crippen LogP contribution in [0.5, 0.6) is 0 Å². The lowest BCUT2D eigenvalue weighted by Crippen LogP contribution is -2.37. The molecule has 1 unspecified atom stereocenters. The molecular formula is C23H25F2N5OS2. The number of alkyl halides is 2. The fourth-order valence-corrected chi connectivity index (χ4v) is 6.19. The predicted molar refractivity (Wildman–Crippen MR) is 127 cm³/mol. The van der Waals surface area contributed by atoms with Crippen molar-refractivity contribution in [3.8, 4) is 17.6 Å². The summed E-state index contributed by atoms with van der Waals surface area (Å²) in [4.78, 5) is 8.87. The summed E-state index contributed by atoms with van der Waals surface area (Å²) in [5, 5.41) is 10.9. The smallest absolute Gasteiger partial charge is 0.177 e. The summed E-state index contributed by atoms with van der Waals surface area (Å²) < 4.78 is 43.1. The number of nitrogens with one attached hydrogen (secondary N) is 1.